The van der Waals surface area contributed by atoms with Crippen molar-refractivity contribution >= 4 is 5.91 Å². The van der Waals surface area contributed by atoms with Gasteiger partial charge in [-0.25, -0.2) is 0 Å². The molecular formula is C15H22N2O2. The van der Waals surface area contributed by atoms with Gasteiger partial charge < -0.3 is 15.4 Å². The lowest BCUT2D eigenvalue weighted by Crippen LogP contribution is -2.38. The Kier molecular flexibility index (Phi) is 5.21. The predicted molar refractivity (Wildman–Crippen MR) is 75.3 cm³/mol. The van der Waals surface area contributed by atoms with Gasteiger partial charge in [-0.1, -0.05) is 12.1 Å². The minimum atomic E-state index is 0.187. The molecule has 1 aromatic carbocycles. The van der Waals surface area contributed by atoms with Crippen molar-refractivity contribution in [3.8, 4) is 5.75 Å². The molecule has 0 aliphatic carbocycles. The summed E-state index contributed by atoms with van der Waals surface area (Å²) in [6, 6.07) is 7.97. The van der Waals surface area contributed by atoms with Crippen LogP contribution in [0.1, 0.15) is 18.4 Å². The molecule has 19 heavy (non-hydrogen) atoms. The van der Waals surface area contributed by atoms with E-state index in [0.717, 1.165) is 38.1 Å². The molecular weight excluding hydrogens is 240 g/mol. The second-order valence-electron chi connectivity index (χ2n) is 4.92. The third kappa shape index (κ3) is 4.24. The van der Waals surface area contributed by atoms with Crippen LogP contribution in [0.4, 0.5) is 0 Å². The van der Waals surface area contributed by atoms with E-state index in [4.69, 9.17) is 4.74 Å². The van der Waals surface area contributed by atoms with Crippen LogP contribution >= 0.6 is 0 Å². The van der Waals surface area contributed by atoms with Gasteiger partial charge in [-0.15, -0.1) is 0 Å². The zero-order chi connectivity index (χ0) is 13.5. The number of carbonyl (C=O) groups excluding carboxylic acids is 1. The van der Waals surface area contributed by atoms with E-state index >= 15 is 0 Å². The van der Waals surface area contributed by atoms with E-state index in [0.29, 0.717) is 6.54 Å². The van der Waals surface area contributed by atoms with Gasteiger partial charge in [0.2, 0.25) is 5.91 Å². The number of nitrogens with one attached hydrogen (secondary N) is 2. The quantitative estimate of drug-likeness (QED) is 0.842. The molecule has 0 bridgehead atoms. The van der Waals surface area contributed by atoms with Gasteiger partial charge in [0, 0.05) is 12.5 Å². The molecule has 1 aromatic rings. The fraction of sp³-hybridized carbons (Fsp3) is 0.533. The number of rotatable bonds is 5. The van der Waals surface area contributed by atoms with E-state index in [1.165, 1.54) is 5.56 Å². The van der Waals surface area contributed by atoms with Crippen LogP contribution in [0, 0.1) is 5.92 Å². The molecule has 0 atom stereocenters. The van der Waals surface area contributed by atoms with Crippen molar-refractivity contribution in [2.75, 3.05) is 26.7 Å². The molecule has 0 spiro atoms. The van der Waals surface area contributed by atoms with Crippen molar-refractivity contribution < 1.29 is 9.53 Å². The average molecular weight is 262 g/mol. The fourth-order valence-corrected chi connectivity index (χ4v) is 2.39. The summed E-state index contributed by atoms with van der Waals surface area (Å²) >= 11 is 0. The Balaban J connectivity index is 1.74. The summed E-state index contributed by atoms with van der Waals surface area (Å²) in [5, 5.41) is 6.30. The fourth-order valence-electron chi connectivity index (χ4n) is 2.39. The SMILES string of the molecule is COc1cccc(CCNC(=O)C2CCNCC2)c1. The zero-order valence-corrected chi connectivity index (χ0v) is 11.4. The first-order valence-corrected chi connectivity index (χ1v) is 6.91. The van der Waals surface area contributed by atoms with Crippen LogP contribution in [0.5, 0.6) is 5.75 Å². The Bertz CT molecular complexity index is 414. The number of benzene rings is 1. The standard InChI is InChI=1S/C15H22N2O2/c1-19-14-4-2-3-12(11-14)5-10-17-15(18)13-6-8-16-9-7-13/h2-4,11,13,16H,5-10H2,1H3,(H,17,18). The van der Waals surface area contributed by atoms with Gasteiger partial charge in [-0.2, -0.15) is 0 Å². The Morgan fingerprint density at radius 1 is 1.42 bits per heavy atom. The molecule has 1 aliphatic heterocycles. The Hall–Kier alpha value is -1.55. The van der Waals surface area contributed by atoms with Crippen LogP contribution in [-0.4, -0.2) is 32.7 Å². The minimum absolute atomic E-state index is 0.187. The molecule has 0 radical (unpaired) electrons. The van der Waals surface area contributed by atoms with Crippen molar-refractivity contribution in [2.24, 2.45) is 5.92 Å². The average Bonchev–Trinajstić information content (AvgIpc) is 2.48. The Morgan fingerprint density at radius 3 is 2.95 bits per heavy atom. The molecule has 2 N–H and O–H groups in total. The van der Waals surface area contributed by atoms with Gasteiger partial charge in [0.25, 0.3) is 0 Å². The number of piperidine rings is 1. The normalized spacial score (nSPS) is 16.1. The Labute approximate surface area is 114 Å². The maximum absolute atomic E-state index is 11.9. The van der Waals surface area contributed by atoms with Crippen molar-refractivity contribution in [2.45, 2.75) is 19.3 Å². The van der Waals surface area contributed by atoms with Gasteiger partial charge in [0.1, 0.15) is 5.75 Å². The van der Waals surface area contributed by atoms with Gasteiger partial charge in [-0.3, -0.25) is 4.79 Å². The number of carbonyl (C=O) groups is 1. The number of hydrogen-bond acceptors (Lipinski definition) is 3. The van der Waals surface area contributed by atoms with E-state index in [1.807, 2.05) is 18.2 Å². The molecule has 1 fully saturated rings. The van der Waals surface area contributed by atoms with E-state index in [-0.39, 0.29) is 11.8 Å². The minimum Gasteiger partial charge on any atom is -0.497 e. The molecule has 1 heterocycles. The predicted octanol–water partition coefficient (Wildman–Crippen LogP) is 1.35. The van der Waals surface area contributed by atoms with Gasteiger partial charge >= 0.3 is 0 Å². The highest BCUT2D eigenvalue weighted by Gasteiger charge is 2.20. The summed E-state index contributed by atoms with van der Waals surface area (Å²) in [7, 11) is 1.66. The smallest absolute Gasteiger partial charge is 0.223 e. The first-order chi connectivity index (χ1) is 9.29. The van der Waals surface area contributed by atoms with Crippen molar-refractivity contribution in [1.82, 2.24) is 10.6 Å². The van der Waals surface area contributed by atoms with E-state index in [1.54, 1.807) is 7.11 Å². The van der Waals surface area contributed by atoms with Crippen LogP contribution in [0.3, 0.4) is 0 Å². The monoisotopic (exact) mass is 262 g/mol. The second kappa shape index (κ2) is 7.14. The zero-order valence-electron chi connectivity index (χ0n) is 11.4. The molecule has 2 rings (SSSR count). The van der Waals surface area contributed by atoms with E-state index < -0.39 is 0 Å². The third-order valence-electron chi connectivity index (χ3n) is 3.56. The first kappa shape index (κ1) is 13.9. The lowest BCUT2D eigenvalue weighted by atomic mass is 9.97. The highest BCUT2D eigenvalue weighted by Crippen LogP contribution is 2.13. The van der Waals surface area contributed by atoms with E-state index in [2.05, 4.69) is 16.7 Å². The van der Waals surface area contributed by atoms with Crippen LogP contribution in [0.25, 0.3) is 0 Å². The molecule has 1 saturated heterocycles. The summed E-state index contributed by atoms with van der Waals surface area (Å²) in [5.74, 6) is 1.25. The molecule has 1 aliphatic rings. The topological polar surface area (TPSA) is 50.4 Å². The van der Waals surface area contributed by atoms with Crippen molar-refractivity contribution in [1.29, 1.82) is 0 Å². The van der Waals surface area contributed by atoms with Gasteiger partial charge in [0.15, 0.2) is 0 Å². The molecule has 104 valence electrons. The number of ether oxygens (including phenoxy) is 1. The summed E-state index contributed by atoms with van der Waals surface area (Å²) < 4.78 is 5.18. The lowest BCUT2D eigenvalue weighted by Gasteiger charge is -2.21. The second-order valence-corrected chi connectivity index (χ2v) is 4.92. The van der Waals surface area contributed by atoms with Gasteiger partial charge in [-0.05, 0) is 50.0 Å². The van der Waals surface area contributed by atoms with Gasteiger partial charge in [0.05, 0.1) is 7.11 Å². The van der Waals surface area contributed by atoms with Crippen molar-refractivity contribution in [3.05, 3.63) is 29.8 Å². The van der Waals surface area contributed by atoms with Crippen LogP contribution in [0.15, 0.2) is 24.3 Å². The summed E-state index contributed by atoms with van der Waals surface area (Å²) in [6.07, 6.45) is 2.74. The molecule has 4 heteroatoms. The van der Waals surface area contributed by atoms with Crippen LogP contribution in [0.2, 0.25) is 0 Å². The lowest BCUT2D eigenvalue weighted by molar-refractivity contribution is -0.125. The van der Waals surface area contributed by atoms with E-state index in [9.17, 15) is 4.79 Å². The maximum Gasteiger partial charge on any atom is 0.223 e. The third-order valence-corrected chi connectivity index (χ3v) is 3.56. The Morgan fingerprint density at radius 2 is 2.21 bits per heavy atom. The number of amides is 1. The molecule has 0 saturated carbocycles. The highest BCUT2D eigenvalue weighted by atomic mass is 16.5. The summed E-state index contributed by atoms with van der Waals surface area (Å²) in [6.45, 7) is 2.60. The molecule has 0 aromatic heterocycles. The largest absolute Gasteiger partial charge is 0.497 e. The first-order valence-electron chi connectivity index (χ1n) is 6.91. The number of hydrogen-bond donors (Lipinski definition) is 2. The highest BCUT2D eigenvalue weighted by molar-refractivity contribution is 5.78. The number of methoxy groups -OCH3 is 1. The van der Waals surface area contributed by atoms with Crippen molar-refractivity contribution in [3.63, 3.8) is 0 Å². The molecule has 4 nitrogen and oxygen atoms in total. The maximum atomic E-state index is 11.9. The molecule has 0 unspecified atom stereocenters. The molecule has 1 amide bonds. The summed E-state index contributed by atoms with van der Waals surface area (Å²) in [4.78, 5) is 11.9. The van der Waals surface area contributed by atoms with Crippen LogP contribution < -0.4 is 15.4 Å². The summed E-state index contributed by atoms with van der Waals surface area (Å²) in [5.41, 5.74) is 1.19. The van der Waals surface area contributed by atoms with Crippen LogP contribution in [-0.2, 0) is 11.2 Å².